The Balaban J connectivity index is 1.68. The number of nitrogens with zero attached hydrogens (tertiary/aromatic N) is 5. The lowest BCUT2D eigenvalue weighted by Crippen LogP contribution is -2.35. The first-order chi connectivity index (χ1) is 12.3. The molecular weight excluding hydrogens is 398 g/mol. The monoisotopic (exact) mass is 417 g/mol. The van der Waals surface area contributed by atoms with Crippen molar-refractivity contribution in [2.24, 2.45) is 0 Å². The summed E-state index contributed by atoms with van der Waals surface area (Å²) in [7, 11) is 0. The number of carbonyl (C=O) groups is 1. The number of ether oxygens (including phenoxy) is 1. The summed E-state index contributed by atoms with van der Waals surface area (Å²) in [5.41, 5.74) is 2.11. The molecule has 0 saturated carbocycles. The lowest BCUT2D eigenvalue weighted by molar-refractivity contribution is 0.0288. The molecule has 1 aromatic carbocycles. The summed E-state index contributed by atoms with van der Waals surface area (Å²) in [5.74, 6) is 0. The van der Waals surface area contributed by atoms with E-state index in [1.807, 2.05) is 43.7 Å². The van der Waals surface area contributed by atoms with E-state index in [-0.39, 0.29) is 12.1 Å². The van der Waals surface area contributed by atoms with Gasteiger partial charge < -0.3 is 9.64 Å². The minimum atomic E-state index is -0.497. The Kier molecular flexibility index (Phi) is 4.10. The number of pyridine rings is 1. The van der Waals surface area contributed by atoms with Gasteiger partial charge in [0.2, 0.25) is 0 Å². The SMILES string of the molecule is CC(C)(C)OC(=O)N1CC[C@@H](n2nnc3cnc4ccc(Br)cc4c32)C1. The average molecular weight is 418 g/mol. The summed E-state index contributed by atoms with van der Waals surface area (Å²) in [4.78, 5) is 18.5. The number of rotatable bonds is 1. The zero-order chi connectivity index (χ0) is 18.5. The van der Waals surface area contributed by atoms with Gasteiger partial charge in [-0.3, -0.25) is 4.98 Å². The van der Waals surface area contributed by atoms with E-state index in [9.17, 15) is 4.79 Å². The van der Waals surface area contributed by atoms with Gasteiger partial charge >= 0.3 is 6.09 Å². The Labute approximate surface area is 159 Å². The first-order valence-electron chi connectivity index (χ1n) is 8.59. The van der Waals surface area contributed by atoms with Gasteiger partial charge in [-0.2, -0.15) is 0 Å². The van der Waals surface area contributed by atoms with Crippen LogP contribution in [0, 0.1) is 0 Å². The molecule has 7 nitrogen and oxygen atoms in total. The normalized spacial score (nSPS) is 18.0. The molecule has 3 aromatic rings. The van der Waals surface area contributed by atoms with Gasteiger partial charge in [-0.15, -0.1) is 5.10 Å². The minimum absolute atomic E-state index is 0.0668. The molecule has 2 aromatic heterocycles. The van der Waals surface area contributed by atoms with Crippen LogP contribution in [0.5, 0.6) is 0 Å². The third kappa shape index (κ3) is 3.13. The van der Waals surface area contributed by atoms with E-state index in [2.05, 4.69) is 31.2 Å². The predicted octanol–water partition coefficient (Wildman–Crippen LogP) is 3.92. The second kappa shape index (κ2) is 6.19. The largest absolute Gasteiger partial charge is 0.444 e. The van der Waals surface area contributed by atoms with Crippen LogP contribution < -0.4 is 0 Å². The Bertz CT molecular complexity index is 994. The van der Waals surface area contributed by atoms with Crippen LogP contribution in [-0.4, -0.2) is 49.7 Å². The number of fused-ring (bicyclic) bond motifs is 3. The van der Waals surface area contributed by atoms with Crippen molar-refractivity contribution in [3.63, 3.8) is 0 Å². The minimum Gasteiger partial charge on any atom is -0.444 e. The molecule has 0 bridgehead atoms. The van der Waals surface area contributed by atoms with Crippen molar-refractivity contribution in [2.75, 3.05) is 13.1 Å². The lowest BCUT2D eigenvalue weighted by atomic mass is 10.2. The van der Waals surface area contributed by atoms with E-state index in [1.54, 1.807) is 11.1 Å². The van der Waals surface area contributed by atoms with Crippen LogP contribution in [0.4, 0.5) is 4.79 Å². The van der Waals surface area contributed by atoms with Crippen LogP contribution in [-0.2, 0) is 4.74 Å². The van der Waals surface area contributed by atoms with Crippen LogP contribution in [0.15, 0.2) is 28.9 Å². The summed E-state index contributed by atoms with van der Waals surface area (Å²) in [6, 6.07) is 6.04. The average Bonchev–Trinajstić information content (AvgIpc) is 3.19. The van der Waals surface area contributed by atoms with Crippen LogP contribution in [0.2, 0.25) is 0 Å². The Hall–Kier alpha value is -2.22. The summed E-state index contributed by atoms with van der Waals surface area (Å²) < 4.78 is 8.39. The maximum Gasteiger partial charge on any atom is 0.410 e. The van der Waals surface area contributed by atoms with Crippen LogP contribution in [0.1, 0.15) is 33.2 Å². The molecule has 1 atom stereocenters. The van der Waals surface area contributed by atoms with Gasteiger partial charge in [0.1, 0.15) is 16.6 Å². The number of hydrogen-bond donors (Lipinski definition) is 0. The fourth-order valence-electron chi connectivity index (χ4n) is 3.28. The molecule has 1 aliphatic rings. The van der Waals surface area contributed by atoms with Crippen molar-refractivity contribution >= 4 is 44.0 Å². The van der Waals surface area contributed by atoms with Crippen LogP contribution >= 0.6 is 15.9 Å². The standard InChI is InChI=1S/C18H20BrN5O2/c1-18(2,3)26-17(25)23-7-6-12(10-23)24-16-13-8-11(19)4-5-14(13)20-9-15(16)21-22-24/h4-5,8-9,12H,6-7,10H2,1-3H3/t12-/m1/s1. The third-order valence-corrected chi connectivity index (χ3v) is 4.91. The van der Waals surface area contributed by atoms with Crippen molar-refractivity contribution in [1.82, 2.24) is 24.9 Å². The van der Waals surface area contributed by atoms with Gasteiger partial charge in [0, 0.05) is 22.9 Å². The number of amides is 1. The molecule has 0 N–H and O–H groups in total. The van der Waals surface area contributed by atoms with E-state index in [1.165, 1.54) is 0 Å². The molecule has 1 aliphatic heterocycles. The van der Waals surface area contributed by atoms with Crippen LogP contribution in [0.25, 0.3) is 21.9 Å². The molecule has 1 saturated heterocycles. The molecule has 4 rings (SSSR count). The maximum atomic E-state index is 12.3. The second-order valence-electron chi connectivity index (χ2n) is 7.56. The molecule has 0 radical (unpaired) electrons. The molecule has 0 aliphatic carbocycles. The molecule has 1 amide bonds. The highest BCUT2D eigenvalue weighted by Gasteiger charge is 2.32. The molecule has 0 unspecified atom stereocenters. The van der Waals surface area contributed by atoms with Crippen molar-refractivity contribution in [1.29, 1.82) is 0 Å². The highest BCUT2D eigenvalue weighted by molar-refractivity contribution is 9.10. The van der Waals surface area contributed by atoms with E-state index in [0.717, 1.165) is 32.8 Å². The number of carbonyl (C=O) groups excluding carboxylic acids is 1. The molecule has 26 heavy (non-hydrogen) atoms. The van der Waals surface area contributed by atoms with Crippen molar-refractivity contribution in [3.8, 4) is 0 Å². The topological polar surface area (TPSA) is 73.1 Å². The summed E-state index contributed by atoms with van der Waals surface area (Å²) in [5, 5.41) is 9.63. The van der Waals surface area contributed by atoms with E-state index in [4.69, 9.17) is 4.74 Å². The number of benzene rings is 1. The number of hydrogen-bond acceptors (Lipinski definition) is 5. The summed E-state index contributed by atoms with van der Waals surface area (Å²) >= 11 is 3.52. The smallest absolute Gasteiger partial charge is 0.410 e. The fourth-order valence-corrected chi connectivity index (χ4v) is 3.65. The summed E-state index contributed by atoms with van der Waals surface area (Å²) in [6.07, 6.45) is 2.28. The zero-order valence-corrected chi connectivity index (χ0v) is 16.5. The van der Waals surface area contributed by atoms with Crippen molar-refractivity contribution < 1.29 is 9.53 Å². The van der Waals surface area contributed by atoms with Gasteiger partial charge in [-0.25, -0.2) is 9.48 Å². The first kappa shape index (κ1) is 17.2. The molecular formula is C18H20BrN5O2. The highest BCUT2D eigenvalue weighted by Crippen LogP contribution is 2.30. The number of halogens is 1. The number of likely N-dealkylation sites (tertiary alicyclic amines) is 1. The zero-order valence-electron chi connectivity index (χ0n) is 14.9. The predicted molar refractivity (Wildman–Crippen MR) is 102 cm³/mol. The van der Waals surface area contributed by atoms with Gasteiger partial charge in [-0.05, 0) is 45.4 Å². The van der Waals surface area contributed by atoms with E-state index in [0.29, 0.717) is 13.1 Å². The molecule has 3 heterocycles. The molecule has 1 fully saturated rings. The lowest BCUT2D eigenvalue weighted by Gasteiger charge is -2.24. The van der Waals surface area contributed by atoms with Crippen molar-refractivity contribution in [2.45, 2.75) is 38.8 Å². The molecule has 8 heteroatoms. The second-order valence-corrected chi connectivity index (χ2v) is 8.47. The molecule has 0 spiro atoms. The highest BCUT2D eigenvalue weighted by atomic mass is 79.9. The third-order valence-electron chi connectivity index (χ3n) is 4.42. The summed E-state index contributed by atoms with van der Waals surface area (Å²) in [6.45, 7) is 6.83. The first-order valence-corrected chi connectivity index (χ1v) is 9.38. The Morgan fingerprint density at radius 1 is 1.31 bits per heavy atom. The van der Waals surface area contributed by atoms with Gasteiger partial charge in [0.05, 0.1) is 17.8 Å². The quantitative estimate of drug-likeness (QED) is 0.599. The maximum absolute atomic E-state index is 12.3. The van der Waals surface area contributed by atoms with Gasteiger partial charge in [0.25, 0.3) is 0 Å². The van der Waals surface area contributed by atoms with Crippen molar-refractivity contribution in [3.05, 3.63) is 28.9 Å². The number of aromatic nitrogens is 4. The van der Waals surface area contributed by atoms with E-state index < -0.39 is 5.60 Å². The Morgan fingerprint density at radius 3 is 2.88 bits per heavy atom. The van der Waals surface area contributed by atoms with Gasteiger partial charge in [-0.1, -0.05) is 21.1 Å². The Morgan fingerprint density at radius 2 is 2.12 bits per heavy atom. The van der Waals surface area contributed by atoms with E-state index >= 15 is 0 Å². The van der Waals surface area contributed by atoms with Gasteiger partial charge in [0.15, 0.2) is 0 Å². The van der Waals surface area contributed by atoms with Crippen LogP contribution in [0.3, 0.4) is 0 Å². The fraction of sp³-hybridized carbons (Fsp3) is 0.444. The molecule has 136 valence electrons.